The summed E-state index contributed by atoms with van der Waals surface area (Å²) in [7, 11) is 0. The van der Waals surface area contributed by atoms with Crippen molar-refractivity contribution in [3.63, 3.8) is 0 Å². The largest absolute Gasteiger partial charge is 0.369 e. The summed E-state index contributed by atoms with van der Waals surface area (Å²) in [5, 5.41) is 14.0. The first-order valence-corrected chi connectivity index (χ1v) is 7.80. The molecule has 0 atom stereocenters. The van der Waals surface area contributed by atoms with Gasteiger partial charge in [0.2, 0.25) is 5.95 Å². The zero-order chi connectivity index (χ0) is 16.6. The van der Waals surface area contributed by atoms with Crippen LogP contribution in [0.25, 0.3) is 0 Å². The number of aromatic nitrogens is 3. The first kappa shape index (κ1) is 15.9. The first-order valence-electron chi connectivity index (χ1n) is 7.80. The highest BCUT2D eigenvalue weighted by Gasteiger charge is 2.02. The van der Waals surface area contributed by atoms with E-state index in [-0.39, 0.29) is 5.82 Å². The van der Waals surface area contributed by atoms with Gasteiger partial charge in [0.15, 0.2) is 5.82 Å². The van der Waals surface area contributed by atoms with Crippen LogP contribution in [0, 0.1) is 5.82 Å². The summed E-state index contributed by atoms with van der Waals surface area (Å²) < 4.78 is 13.2. The molecule has 6 heteroatoms. The van der Waals surface area contributed by atoms with Gasteiger partial charge in [0, 0.05) is 12.2 Å². The highest BCUT2D eigenvalue weighted by atomic mass is 19.1. The zero-order valence-electron chi connectivity index (χ0n) is 13.1. The Morgan fingerprint density at radius 3 is 2.71 bits per heavy atom. The molecule has 3 rings (SSSR count). The Kier molecular flexibility index (Phi) is 5.29. The Balaban J connectivity index is 1.51. The number of rotatable bonds is 7. The fraction of sp³-hybridized carbons (Fsp3) is 0.167. The molecule has 0 aliphatic carbocycles. The second-order valence-electron chi connectivity index (χ2n) is 5.32. The molecule has 5 nitrogen and oxygen atoms in total. The summed E-state index contributed by atoms with van der Waals surface area (Å²) in [4.78, 5) is 4.32. The minimum absolute atomic E-state index is 0.317. The fourth-order valence-electron chi connectivity index (χ4n) is 2.29. The number of hydrogen-bond donors (Lipinski definition) is 2. The maximum absolute atomic E-state index is 13.2. The Morgan fingerprint density at radius 2 is 1.88 bits per heavy atom. The third-order valence-electron chi connectivity index (χ3n) is 3.43. The van der Waals surface area contributed by atoms with E-state index in [0.717, 1.165) is 19.4 Å². The van der Waals surface area contributed by atoms with Gasteiger partial charge in [-0.15, -0.1) is 5.10 Å². The monoisotopic (exact) mass is 323 g/mol. The summed E-state index contributed by atoms with van der Waals surface area (Å²) in [5.41, 5.74) is 1.90. The Bertz CT molecular complexity index is 779. The van der Waals surface area contributed by atoms with E-state index in [0.29, 0.717) is 17.5 Å². The SMILES string of the molecule is Fc1cccc(Nc2nncc(NCCCc3ccccc3)n2)c1. The van der Waals surface area contributed by atoms with Crippen LogP contribution in [0.1, 0.15) is 12.0 Å². The van der Waals surface area contributed by atoms with Crippen LogP contribution in [0.3, 0.4) is 0 Å². The summed E-state index contributed by atoms with van der Waals surface area (Å²) in [5.74, 6) is 0.647. The van der Waals surface area contributed by atoms with Crippen molar-refractivity contribution >= 4 is 17.5 Å². The topological polar surface area (TPSA) is 62.7 Å². The molecule has 0 saturated carbocycles. The van der Waals surface area contributed by atoms with Gasteiger partial charge in [-0.2, -0.15) is 10.1 Å². The second kappa shape index (κ2) is 8.01. The summed E-state index contributed by atoms with van der Waals surface area (Å²) >= 11 is 0. The number of nitrogens with one attached hydrogen (secondary N) is 2. The van der Waals surface area contributed by atoms with Gasteiger partial charge in [-0.3, -0.25) is 0 Å². The minimum Gasteiger partial charge on any atom is -0.369 e. The van der Waals surface area contributed by atoms with Crippen molar-refractivity contribution in [2.24, 2.45) is 0 Å². The number of aryl methyl sites for hydroxylation is 1. The van der Waals surface area contributed by atoms with E-state index in [1.807, 2.05) is 18.2 Å². The average molecular weight is 323 g/mol. The smallest absolute Gasteiger partial charge is 0.249 e. The molecule has 0 unspecified atom stereocenters. The summed E-state index contributed by atoms with van der Waals surface area (Å²) in [6.07, 6.45) is 3.56. The lowest BCUT2D eigenvalue weighted by atomic mass is 10.1. The molecule has 0 aliphatic rings. The van der Waals surface area contributed by atoms with E-state index in [2.05, 4.69) is 37.9 Å². The molecule has 0 saturated heterocycles. The van der Waals surface area contributed by atoms with Gasteiger partial charge in [0.05, 0.1) is 6.20 Å². The Morgan fingerprint density at radius 1 is 1.00 bits per heavy atom. The first-order chi connectivity index (χ1) is 11.8. The van der Waals surface area contributed by atoms with Crippen molar-refractivity contribution in [2.75, 3.05) is 17.2 Å². The molecule has 0 amide bonds. The summed E-state index contributed by atoms with van der Waals surface area (Å²) in [6, 6.07) is 16.5. The molecule has 2 N–H and O–H groups in total. The molecule has 122 valence electrons. The normalized spacial score (nSPS) is 10.4. The lowest BCUT2D eigenvalue weighted by Gasteiger charge is -2.08. The number of halogens is 1. The maximum atomic E-state index is 13.2. The molecule has 3 aromatic rings. The molecule has 1 heterocycles. The van der Waals surface area contributed by atoms with Crippen molar-refractivity contribution in [3.8, 4) is 0 Å². The maximum Gasteiger partial charge on any atom is 0.249 e. The lowest BCUT2D eigenvalue weighted by molar-refractivity contribution is 0.628. The van der Waals surface area contributed by atoms with E-state index in [9.17, 15) is 4.39 Å². The van der Waals surface area contributed by atoms with Gasteiger partial charge in [-0.25, -0.2) is 4.39 Å². The van der Waals surface area contributed by atoms with Gasteiger partial charge in [-0.05, 0) is 36.6 Å². The van der Waals surface area contributed by atoms with Crippen molar-refractivity contribution in [3.05, 3.63) is 72.2 Å². The van der Waals surface area contributed by atoms with E-state index in [1.165, 1.54) is 17.7 Å². The van der Waals surface area contributed by atoms with Crippen molar-refractivity contribution < 1.29 is 4.39 Å². The predicted molar refractivity (Wildman–Crippen MR) is 92.8 cm³/mol. The van der Waals surface area contributed by atoms with E-state index in [1.54, 1.807) is 18.3 Å². The highest BCUT2D eigenvalue weighted by molar-refractivity contribution is 5.53. The minimum atomic E-state index is -0.317. The Labute approximate surface area is 140 Å². The number of anilines is 3. The van der Waals surface area contributed by atoms with E-state index >= 15 is 0 Å². The van der Waals surface area contributed by atoms with Crippen LogP contribution < -0.4 is 10.6 Å². The van der Waals surface area contributed by atoms with Crippen molar-refractivity contribution in [1.29, 1.82) is 0 Å². The molecule has 0 spiro atoms. The zero-order valence-corrected chi connectivity index (χ0v) is 13.1. The van der Waals surface area contributed by atoms with Gasteiger partial charge >= 0.3 is 0 Å². The fourth-order valence-corrected chi connectivity index (χ4v) is 2.29. The van der Waals surface area contributed by atoms with Crippen LogP contribution in [-0.2, 0) is 6.42 Å². The van der Waals surface area contributed by atoms with Crippen LogP contribution >= 0.6 is 0 Å². The molecule has 2 aromatic carbocycles. The highest BCUT2D eigenvalue weighted by Crippen LogP contribution is 2.14. The van der Waals surface area contributed by atoms with Crippen LogP contribution in [0.5, 0.6) is 0 Å². The van der Waals surface area contributed by atoms with Gasteiger partial charge in [-0.1, -0.05) is 36.4 Å². The standard InChI is InChI=1S/C18H18FN5/c19-15-9-4-10-16(12-15)22-18-23-17(13-21-24-18)20-11-5-8-14-6-2-1-3-7-14/h1-4,6-7,9-10,12-13H,5,8,11H2,(H2,20,22,23,24). The van der Waals surface area contributed by atoms with Crippen molar-refractivity contribution in [1.82, 2.24) is 15.2 Å². The van der Waals surface area contributed by atoms with Gasteiger partial charge in [0.25, 0.3) is 0 Å². The number of benzene rings is 2. The molecule has 0 aliphatic heterocycles. The van der Waals surface area contributed by atoms with Crippen LogP contribution in [0.2, 0.25) is 0 Å². The lowest BCUT2D eigenvalue weighted by Crippen LogP contribution is -2.07. The molecular weight excluding hydrogens is 305 g/mol. The van der Waals surface area contributed by atoms with E-state index in [4.69, 9.17) is 0 Å². The quantitative estimate of drug-likeness (QED) is 0.648. The van der Waals surface area contributed by atoms with E-state index < -0.39 is 0 Å². The summed E-state index contributed by atoms with van der Waals surface area (Å²) in [6.45, 7) is 0.785. The average Bonchev–Trinajstić information content (AvgIpc) is 2.60. The molecule has 0 fully saturated rings. The van der Waals surface area contributed by atoms with Crippen LogP contribution in [-0.4, -0.2) is 21.7 Å². The van der Waals surface area contributed by atoms with Crippen molar-refractivity contribution in [2.45, 2.75) is 12.8 Å². The van der Waals surface area contributed by atoms with Crippen LogP contribution in [0.15, 0.2) is 60.8 Å². The number of hydrogen-bond acceptors (Lipinski definition) is 5. The molecule has 24 heavy (non-hydrogen) atoms. The van der Waals surface area contributed by atoms with Gasteiger partial charge in [0.1, 0.15) is 5.82 Å². The molecule has 0 bridgehead atoms. The second-order valence-corrected chi connectivity index (χ2v) is 5.32. The molecular formula is C18H18FN5. The molecule has 0 radical (unpaired) electrons. The number of nitrogens with zero attached hydrogens (tertiary/aromatic N) is 3. The third-order valence-corrected chi connectivity index (χ3v) is 3.43. The Hall–Kier alpha value is -3.02. The third kappa shape index (κ3) is 4.74. The van der Waals surface area contributed by atoms with Gasteiger partial charge < -0.3 is 10.6 Å². The predicted octanol–water partition coefficient (Wildman–Crippen LogP) is 3.80. The molecule has 1 aromatic heterocycles. The van der Waals surface area contributed by atoms with Crippen LogP contribution in [0.4, 0.5) is 21.8 Å².